The number of carbonyl (C=O) groups is 10. The first-order valence-electron chi connectivity index (χ1n) is 22.6. The van der Waals surface area contributed by atoms with Gasteiger partial charge >= 0.3 is 11.9 Å². The molecule has 1 fully saturated rings. The summed E-state index contributed by atoms with van der Waals surface area (Å²) >= 11 is 0. The summed E-state index contributed by atoms with van der Waals surface area (Å²) < 4.78 is 0. The molecule has 65 heavy (non-hydrogen) atoms. The number of hydrogen-bond donors (Lipinski definition) is 9. The Morgan fingerprint density at radius 2 is 1.25 bits per heavy atom. The average molecular weight is 914 g/mol. The number of unbranched alkanes of at least 4 members (excludes halogenated alkanes) is 1. The highest BCUT2D eigenvalue weighted by atomic mass is 16.4. The summed E-state index contributed by atoms with van der Waals surface area (Å²) in [6.45, 7) is 12.3. The average Bonchev–Trinajstić information content (AvgIpc) is 3.21. The Hall–Kier alpha value is -5.88. The number of nitrogens with two attached hydrogens (primary N) is 1. The lowest BCUT2D eigenvalue weighted by Gasteiger charge is -2.34. The SMILES string of the molecule is CCCCC(NC(=O)[C@H](CC(C)C)NC(=O)[C@@H](NC(=O)[C@H](Cc1ccccc1C)NC(=O)[C@H](CCC(=O)O)NC(=O)[C@H](CC(=O)O)NC(=O)CC1CCCCC1)C(C)(C)C)C(=O)C(N)=O. The van der Waals surface area contributed by atoms with E-state index in [2.05, 4.69) is 31.9 Å². The first-order chi connectivity index (χ1) is 30.4. The molecule has 0 heterocycles. The van der Waals surface area contributed by atoms with Crippen molar-refractivity contribution in [1.29, 1.82) is 0 Å². The molecule has 0 saturated heterocycles. The number of nitrogens with one attached hydrogen (secondary N) is 6. The minimum absolute atomic E-state index is 0.0715. The fourth-order valence-corrected chi connectivity index (χ4v) is 7.64. The van der Waals surface area contributed by atoms with Gasteiger partial charge in [0, 0.05) is 19.3 Å². The fraction of sp³-hybridized carbons (Fsp3) is 0.652. The Balaban J connectivity index is 2.46. The fourth-order valence-electron chi connectivity index (χ4n) is 7.64. The number of rotatable bonds is 27. The maximum Gasteiger partial charge on any atom is 0.305 e. The number of carbonyl (C=O) groups excluding carboxylic acids is 8. The van der Waals surface area contributed by atoms with E-state index < -0.39 is 120 Å². The van der Waals surface area contributed by atoms with E-state index in [1.165, 1.54) is 0 Å². The maximum atomic E-state index is 14.4. The van der Waals surface area contributed by atoms with Crippen LogP contribution in [0.15, 0.2) is 24.3 Å². The summed E-state index contributed by atoms with van der Waals surface area (Å²) in [6, 6.07) is -1.44. The molecule has 0 spiro atoms. The topological polar surface area (TPSA) is 309 Å². The normalized spacial score (nSPS) is 15.8. The second kappa shape index (κ2) is 26.8. The smallest absolute Gasteiger partial charge is 0.305 e. The van der Waals surface area contributed by atoms with E-state index in [0.29, 0.717) is 18.4 Å². The van der Waals surface area contributed by atoms with E-state index in [9.17, 15) is 58.2 Å². The zero-order chi connectivity index (χ0) is 49.0. The van der Waals surface area contributed by atoms with Crippen LogP contribution in [0.25, 0.3) is 0 Å². The molecule has 0 aliphatic heterocycles. The van der Waals surface area contributed by atoms with E-state index in [0.717, 1.165) is 37.7 Å². The number of hydrogen-bond acceptors (Lipinski definition) is 10. The van der Waals surface area contributed by atoms with Crippen LogP contribution in [-0.2, 0) is 54.4 Å². The van der Waals surface area contributed by atoms with E-state index in [4.69, 9.17) is 5.73 Å². The third kappa shape index (κ3) is 19.8. The molecule has 2 rings (SSSR count). The second-order valence-corrected chi connectivity index (χ2v) is 18.5. The number of aryl methyl sites for hydroxylation is 1. The Morgan fingerprint density at radius 1 is 0.692 bits per heavy atom. The lowest BCUT2D eigenvalue weighted by Crippen LogP contribution is -2.62. The summed E-state index contributed by atoms with van der Waals surface area (Å²) in [5.74, 6) is -9.94. The van der Waals surface area contributed by atoms with Gasteiger partial charge in [0.15, 0.2) is 0 Å². The zero-order valence-electron chi connectivity index (χ0n) is 38.9. The molecule has 19 nitrogen and oxygen atoms in total. The highest BCUT2D eigenvalue weighted by molar-refractivity contribution is 6.37. The molecular weight excluding hydrogens is 843 g/mol. The van der Waals surface area contributed by atoms with Gasteiger partial charge in [-0.15, -0.1) is 0 Å². The molecule has 1 aromatic carbocycles. The van der Waals surface area contributed by atoms with E-state index >= 15 is 0 Å². The van der Waals surface area contributed by atoms with Crippen LogP contribution in [0.5, 0.6) is 0 Å². The van der Waals surface area contributed by atoms with E-state index in [1.807, 2.05) is 20.8 Å². The van der Waals surface area contributed by atoms with Crippen molar-refractivity contribution < 1.29 is 58.2 Å². The highest BCUT2D eigenvalue weighted by Gasteiger charge is 2.39. The molecule has 0 bridgehead atoms. The third-order valence-corrected chi connectivity index (χ3v) is 11.3. The van der Waals surface area contributed by atoms with Gasteiger partial charge in [-0.05, 0) is 67.4 Å². The van der Waals surface area contributed by atoms with E-state index in [1.54, 1.807) is 52.0 Å². The van der Waals surface area contributed by atoms with Crippen LogP contribution >= 0.6 is 0 Å². The van der Waals surface area contributed by atoms with Gasteiger partial charge in [0.25, 0.3) is 5.91 Å². The van der Waals surface area contributed by atoms with Crippen molar-refractivity contribution in [3.8, 4) is 0 Å². The van der Waals surface area contributed by atoms with E-state index in [-0.39, 0.29) is 37.5 Å². The molecule has 0 aromatic heterocycles. The molecule has 10 N–H and O–H groups in total. The summed E-state index contributed by atoms with van der Waals surface area (Å²) in [5.41, 5.74) is 5.60. The van der Waals surface area contributed by atoms with Crippen LogP contribution in [0.3, 0.4) is 0 Å². The molecule has 6 atom stereocenters. The predicted molar refractivity (Wildman–Crippen MR) is 239 cm³/mol. The molecule has 1 aromatic rings. The number of carboxylic acid groups (broad SMARTS) is 2. The van der Waals surface area contributed by atoms with Crippen LogP contribution in [0.2, 0.25) is 0 Å². The van der Waals surface area contributed by atoms with Crippen LogP contribution in [0.1, 0.15) is 136 Å². The molecule has 19 heteroatoms. The number of aliphatic carboxylic acids is 2. The minimum Gasteiger partial charge on any atom is -0.481 e. The third-order valence-electron chi connectivity index (χ3n) is 11.3. The molecule has 1 aliphatic rings. The summed E-state index contributed by atoms with van der Waals surface area (Å²) in [6.07, 6.45) is 4.03. The van der Waals surface area contributed by atoms with Gasteiger partial charge < -0.3 is 47.8 Å². The standard InChI is InChI=1S/C46H71N7O12/c1-8-9-19-30(38(59)40(47)60)49-42(62)32(22-26(2)3)52-45(65)39(46(5,6)7)53-44(64)33(24-29-18-14-13-15-27(29)4)51-41(61)31(20-21-36(55)56)50-43(63)34(25-37(57)58)48-35(54)23-28-16-11-10-12-17-28/h13-15,18,26,28,30-34,39H,8-12,16-17,19-25H2,1-7H3,(H2,47,60)(H,48,54)(H,49,62)(H,50,63)(H,51,61)(H,52,65)(H,53,64)(H,55,56)(H,57,58)/t30?,31-,32-,33-,34-,39+/m0/s1. The van der Waals surface area contributed by atoms with Gasteiger partial charge in [-0.25, -0.2) is 0 Å². The van der Waals surface area contributed by atoms with Gasteiger partial charge in [-0.1, -0.05) is 97.9 Å². The number of carboxylic acids is 2. The molecule has 362 valence electrons. The van der Waals surface area contributed by atoms with Gasteiger partial charge in [0.1, 0.15) is 30.2 Å². The van der Waals surface area contributed by atoms with Crippen LogP contribution in [0.4, 0.5) is 0 Å². The molecular formula is C46H71N7O12. The molecule has 0 radical (unpaired) electrons. The highest BCUT2D eigenvalue weighted by Crippen LogP contribution is 2.26. The Bertz CT molecular complexity index is 1860. The number of Topliss-reactive ketones (excluding diaryl/α,β-unsaturated/α-hetero) is 1. The molecule has 1 saturated carbocycles. The Labute approximate surface area is 381 Å². The number of amides is 7. The summed E-state index contributed by atoms with van der Waals surface area (Å²) in [5, 5.41) is 34.6. The van der Waals surface area contributed by atoms with Crippen molar-refractivity contribution in [1.82, 2.24) is 31.9 Å². The Kier molecular flexibility index (Phi) is 22.8. The van der Waals surface area contributed by atoms with Gasteiger partial charge in [-0.3, -0.25) is 47.9 Å². The van der Waals surface area contributed by atoms with Crippen molar-refractivity contribution in [2.24, 2.45) is 23.0 Å². The van der Waals surface area contributed by atoms with Crippen molar-refractivity contribution in [3.05, 3.63) is 35.4 Å². The van der Waals surface area contributed by atoms with Crippen molar-refractivity contribution in [3.63, 3.8) is 0 Å². The van der Waals surface area contributed by atoms with Gasteiger partial charge in [0.05, 0.1) is 12.5 Å². The molecule has 7 amide bonds. The van der Waals surface area contributed by atoms with Crippen molar-refractivity contribution in [2.45, 2.75) is 175 Å². The Morgan fingerprint density at radius 3 is 1.80 bits per heavy atom. The van der Waals surface area contributed by atoms with Gasteiger partial charge in [-0.2, -0.15) is 0 Å². The monoisotopic (exact) mass is 914 g/mol. The first-order valence-corrected chi connectivity index (χ1v) is 22.6. The van der Waals surface area contributed by atoms with Crippen LogP contribution < -0.4 is 37.6 Å². The number of primary amides is 1. The lowest BCUT2D eigenvalue weighted by molar-refractivity contribution is -0.141. The largest absolute Gasteiger partial charge is 0.481 e. The number of benzene rings is 1. The first kappa shape index (κ1) is 55.3. The van der Waals surface area contributed by atoms with Gasteiger partial charge in [0.2, 0.25) is 41.2 Å². The molecule has 1 aliphatic carbocycles. The molecule has 1 unspecified atom stereocenters. The zero-order valence-corrected chi connectivity index (χ0v) is 38.9. The summed E-state index contributed by atoms with van der Waals surface area (Å²) in [4.78, 5) is 131. The van der Waals surface area contributed by atoms with Crippen LogP contribution in [0, 0.1) is 24.2 Å². The quantitative estimate of drug-likeness (QED) is 0.0574. The number of ketones is 1. The van der Waals surface area contributed by atoms with Crippen LogP contribution in [-0.4, -0.2) is 106 Å². The maximum absolute atomic E-state index is 14.4. The van der Waals surface area contributed by atoms with Crippen molar-refractivity contribution in [2.75, 3.05) is 0 Å². The lowest BCUT2D eigenvalue weighted by atomic mass is 9.85. The van der Waals surface area contributed by atoms with Crippen molar-refractivity contribution >= 4 is 59.1 Å². The minimum atomic E-state index is -1.61. The second-order valence-electron chi connectivity index (χ2n) is 18.5. The summed E-state index contributed by atoms with van der Waals surface area (Å²) in [7, 11) is 0. The predicted octanol–water partition coefficient (Wildman–Crippen LogP) is 2.09.